The highest BCUT2D eigenvalue weighted by Gasteiger charge is 2.37. The van der Waals surface area contributed by atoms with Gasteiger partial charge >= 0.3 is 5.97 Å². The highest BCUT2D eigenvalue weighted by atomic mass is 16.5. The Labute approximate surface area is 144 Å². The van der Waals surface area contributed by atoms with E-state index in [9.17, 15) is 9.59 Å². The molecular formula is C19H28N2O3. The molecule has 1 aromatic rings. The van der Waals surface area contributed by atoms with E-state index < -0.39 is 0 Å². The van der Waals surface area contributed by atoms with E-state index in [-0.39, 0.29) is 17.3 Å². The minimum atomic E-state index is -0.223. The molecule has 1 atom stereocenters. The van der Waals surface area contributed by atoms with E-state index in [4.69, 9.17) is 5.73 Å². The number of aryl methyl sites for hydroxylation is 1. The van der Waals surface area contributed by atoms with Crippen molar-refractivity contribution in [2.24, 2.45) is 11.1 Å². The molecule has 0 spiro atoms. The van der Waals surface area contributed by atoms with Gasteiger partial charge in [-0.25, -0.2) is 0 Å². The van der Waals surface area contributed by atoms with Crippen LogP contribution in [0.25, 0.3) is 0 Å². The van der Waals surface area contributed by atoms with Crippen LogP contribution < -0.4 is 5.73 Å². The summed E-state index contributed by atoms with van der Waals surface area (Å²) in [4.78, 5) is 25.5. The normalized spacial score (nSPS) is 20.9. The molecule has 24 heavy (non-hydrogen) atoms. The van der Waals surface area contributed by atoms with Crippen LogP contribution >= 0.6 is 0 Å². The molecule has 5 nitrogen and oxygen atoms in total. The lowest BCUT2D eigenvalue weighted by Gasteiger charge is -2.41. The summed E-state index contributed by atoms with van der Waals surface area (Å²) < 4.78 is 4.63. The smallest absolute Gasteiger partial charge is 0.305 e. The molecule has 0 unspecified atom stereocenters. The lowest BCUT2D eigenvalue weighted by molar-refractivity contribution is -0.142. The average Bonchev–Trinajstić information content (AvgIpc) is 2.62. The van der Waals surface area contributed by atoms with Gasteiger partial charge in [0.05, 0.1) is 7.11 Å². The molecule has 1 fully saturated rings. The van der Waals surface area contributed by atoms with Gasteiger partial charge in [0.25, 0.3) is 0 Å². The first-order valence-corrected chi connectivity index (χ1v) is 8.67. The van der Waals surface area contributed by atoms with Crippen LogP contribution in [0.5, 0.6) is 0 Å². The number of carbonyl (C=O) groups excluding carboxylic acids is 2. The van der Waals surface area contributed by atoms with Gasteiger partial charge in [-0.2, -0.15) is 0 Å². The molecule has 1 saturated heterocycles. The SMILES string of the molecule is COC(=O)CCCN1CC[C@](CN)(CCc2ccccc2)CC1=O. The van der Waals surface area contributed by atoms with Crippen LogP contribution in [0, 0.1) is 5.41 Å². The van der Waals surface area contributed by atoms with Crippen LogP contribution in [-0.4, -0.2) is 43.5 Å². The Bertz CT molecular complexity index is 547. The first-order chi connectivity index (χ1) is 11.6. The number of rotatable bonds is 8. The maximum Gasteiger partial charge on any atom is 0.305 e. The second-order valence-electron chi connectivity index (χ2n) is 6.68. The number of hydrogen-bond donors (Lipinski definition) is 1. The number of methoxy groups -OCH3 is 1. The standard InChI is InChI=1S/C19H28N2O3/c1-24-18(23)8-5-12-21-13-11-19(15-20,14-17(21)22)10-9-16-6-3-2-4-7-16/h2-4,6-7H,5,8-15,20H2,1H3/t19-/m1/s1. The number of hydrogen-bond acceptors (Lipinski definition) is 4. The van der Waals surface area contributed by atoms with Crippen molar-refractivity contribution < 1.29 is 14.3 Å². The quantitative estimate of drug-likeness (QED) is 0.740. The Morgan fingerprint density at radius 1 is 1.33 bits per heavy atom. The van der Waals surface area contributed by atoms with E-state index in [0.717, 1.165) is 25.8 Å². The molecule has 1 aliphatic heterocycles. The van der Waals surface area contributed by atoms with Crippen molar-refractivity contribution in [3.8, 4) is 0 Å². The van der Waals surface area contributed by atoms with Crippen LogP contribution in [-0.2, 0) is 20.7 Å². The van der Waals surface area contributed by atoms with Crippen LogP contribution in [0.2, 0.25) is 0 Å². The molecule has 0 aliphatic carbocycles. The predicted molar refractivity (Wildman–Crippen MR) is 93.3 cm³/mol. The summed E-state index contributed by atoms with van der Waals surface area (Å²) in [6, 6.07) is 10.3. The molecule has 0 radical (unpaired) electrons. The summed E-state index contributed by atoms with van der Waals surface area (Å²) in [6.07, 6.45) is 4.34. The molecule has 132 valence electrons. The predicted octanol–water partition coefficient (Wildman–Crippen LogP) is 2.14. The van der Waals surface area contributed by atoms with E-state index in [0.29, 0.717) is 32.4 Å². The molecule has 1 aromatic carbocycles. The van der Waals surface area contributed by atoms with Crippen LogP contribution in [0.4, 0.5) is 0 Å². The van der Waals surface area contributed by atoms with Gasteiger partial charge in [0, 0.05) is 25.9 Å². The zero-order valence-electron chi connectivity index (χ0n) is 14.5. The average molecular weight is 332 g/mol. The Hall–Kier alpha value is -1.88. The van der Waals surface area contributed by atoms with Gasteiger partial charge in [0.2, 0.25) is 5.91 Å². The second kappa shape index (κ2) is 8.83. The van der Waals surface area contributed by atoms with Gasteiger partial charge in [0.1, 0.15) is 0 Å². The summed E-state index contributed by atoms with van der Waals surface area (Å²) in [7, 11) is 1.39. The van der Waals surface area contributed by atoms with Crippen LogP contribution in [0.15, 0.2) is 30.3 Å². The van der Waals surface area contributed by atoms with E-state index in [1.807, 2.05) is 23.1 Å². The molecule has 0 saturated carbocycles. The largest absolute Gasteiger partial charge is 0.469 e. The summed E-state index contributed by atoms with van der Waals surface area (Å²) in [5.41, 5.74) is 7.23. The maximum absolute atomic E-state index is 12.5. The highest BCUT2D eigenvalue weighted by Crippen LogP contribution is 2.36. The van der Waals surface area contributed by atoms with Crippen molar-refractivity contribution >= 4 is 11.9 Å². The van der Waals surface area contributed by atoms with Crippen molar-refractivity contribution in [1.29, 1.82) is 0 Å². The summed E-state index contributed by atoms with van der Waals surface area (Å²) in [5, 5.41) is 0. The van der Waals surface area contributed by atoms with E-state index >= 15 is 0 Å². The van der Waals surface area contributed by atoms with E-state index in [1.165, 1.54) is 12.7 Å². The van der Waals surface area contributed by atoms with Crippen molar-refractivity contribution in [2.75, 3.05) is 26.7 Å². The van der Waals surface area contributed by atoms with Gasteiger partial charge in [0.15, 0.2) is 0 Å². The number of carbonyl (C=O) groups is 2. The fourth-order valence-corrected chi connectivity index (χ4v) is 3.31. The Morgan fingerprint density at radius 2 is 2.08 bits per heavy atom. The van der Waals surface area contributed by atoms with Gasteiger partial charge in [-0.3, -0.25) is 9.59 Å². The monoisotopic (exact) mass is 332 g/mol. The number of benzene rings is 1. The Balaban J connectivity index is 1.84. The number of nitrogens with zero attached hydrogens (tertiary/aromatic N) is 1. The third kappa shape index (κ3) is 5.06. The minimum absolute atomic E-state index is 0.0915. The fourth-order valence-electron chi connectivity index (χ4n) is 3.31. The van der Waals surface area contributed by atoms with Crippen LogP contribution in [0.3, 0.4) is 0 Å². The number of ether oxygens (including phenoxy) is 1. The Morgan fingerprint density at radius 3 is 2.71 bits per heavy atom. The number of nitrogens with two attached hydrogens (primary N) is 1. The second-order valence-corrected chi connectivity index (χ2v) is 6.68. The zero-order valence-corrected chi connectivity index (χ0v) is 14.5. The summed E-state index contributed by atoms with van der Waals surface area (Å²) in [5.74, 6) is -0.0664. The molecule has 2 N–H and O–H groups in total. The van der Waals surface area contributed by atoms with Crippen molar-refractivity contribution in [3.63, 3.8) is 0 Å². The number of esters is 1. The maximum atomic E-state index is 12.5. The molecular weight excluding hydrogens is 304 g/mol. The minimum Gasteiger partial charge on any atom is -0.469 e. The molecule has 0 bridgehead atoms. The highest BCUT2D eigenvalue weighted by molar-refractivity contribution is 5.78. The summed E-state index contributed by atoms with van der Waals surface area (Å²) in [6.45, 7) is 1.89. The van der Waals surface area contributed by atoms with E-state index in [1.54, 1.807) is 0 Å². The number of amides is 1. The zero-order chi connectivity index (χ0) is 17.4. The van der Waals surface area contributed by atoms with E-state index in [2.05, 4.69) is 16.9 Å². The molecule has 2 rings (SSSR count). The Kier molecular flexibility index (Phi) is 6.79. The third-order valence-electron chi connectivity index (χ3n) is 5.05. The molecule has 5 heteroatoms. The lowest BCUT2D eigenvalue weighted by atomic mass is 9.74. The summed E-state index contributed by atoms with van der Waals surface area (Å²) >= 11 is 0. The first kappa shape index (κ1) is 18.5. The lowest BCUT2D eigenvalue weighted by Crippen LogP contribution is -2.47. The fraction of sp³-hybridized carbons (Fsp3) is 0.579. The first-order valence-electron chi connectivity index (χ1n) is 8.67. The van der Waals surface area contributed by atoms with Gasteiger partial charge in [-0.05, 0) is 43.2 Å². The van der Waals surface area contributed by atoms with Gasteiger partial charge in [-0.15, -0.1) is 0 Å². The molecule has 1 aliphatic rings. The van der Waals surface area contributed by atoms with Crippen molar-refractivity contribution in [2.45, 2.75) is 38.5 Å². The van der Waals surface area contributed by atoms with Gasteiger partial charge < -0.3 is 15.4 Å². The number of piperidine rings is 1. The van der Waals surface area contributed by atoms with Crippen molar-refractivity contribution in [1.82, 2.24) is 4.90 Å². The number of likely N-dealkylation sites (tertiary alicyclic amines) is 1. The third-order valence-corrected chi connectivity index (χ3v) is 5.05. The van der Waals surface area contributed by atoms with Gasteiger partial charge in [-0.1, -0.05) is 30.3 Å². The molecule has 0 aromatic heterocycles. The van der Waals surface area contributed by atoms with Crippen LogP contribution in [0.1, 0.15) is 37.7 Å². The topological polar surface area (TPSA) is 72.6 Å². The molecule has 1 amide bonds. The van der Waals surface area contributed by atoms with Crippen molar-refractivity contribution in [3.05, 3.63) is 35.9 Å². The molecule has 1 heterocycles.